The Labute approximate surface area is 204 Å². The van der Waals surface area contributed by atoms with Crippen molar-refractivity contribution >= 4 is 50.5 Å². The number of aryl methyl sites for hydroxylation is 1. The summed E-state index contributed by atoms with van der Waals surface area (Å²) in [4.78, 5) is 0. The van der Waals surface area contributed by atoms with Crippen molar-refractivity contribution in [3.8, 4) is 22.6 Å². The zero-order chi connectivity index (χ0) is 21.6. The molecule has 0 aliphatic rings. The van der Waals surface area contributed by atoms with Gasteiger partial charge in [0.2, 0.25) is 0 Å². The van der Waals surface area contributed by atoms with Gasteiger partial charge >= 0.3 is 0 Å². The minimum atomic E-state index is 0.656. The van der Waals surface area contributed by atoms with Gasteiger partial charge in [-0.1, -0.05) is 30.3 Å². The number of rotatable bonds is 15. The minimum Gasteiger partial charge on any atom is -0.493 e. The molecule has 0 aromatic heterocycles. The van der Waals surface area contributed by atoms with E-state index in [0.717, 1.165) is 84.2 Å². The van der Waals surface area contributed by atoms with Crippen LogP contribution in [0.25, 0.3) is 11.1 Å². The van der Waals surface area contributed by atoms with Gasteiger partial charge in [-0.05, 0) is 78.7 Å². The second-order valence-corrected chi connectivity index (χ2v) is 8.87. The van der Waals surface area contributed by atoms with Crippen molar-refractivity contribution in [3.05, 3.63) is 47.5 Å². The van der Waals surface area contributed by atoms with Crippen LogP contribution in [0, 0.1) is 0 Å². The van der Waals surface area contributed by atoms with Crippen LogP contribution in [0.1, 0.15) is 36.8 Å². The largest absolute Gasteiger partial charge is 0.493 e. The Morgan fingerprint density at radius 3 is 1.93 bits per heavy atom. The molecule has 0 radical (unpaired) electrons. The lowest BCUT2D eigenvalue weighted by molar-refractivity contribution is 0.313. The van der Waals surface area contributed by atoms with Gasteiger partial charge in [0.15, 0.2) is 0 Å². The first-order chi connectivity index (χ1) is 14.8. The van der Waals surface area contributed by atoms with Gasteiger partial charge < -0.3 is 9.47 Å². The molecule has 166 valence electrons. The van der Waals surface area contributed by atoms with Crippen molar-refractivity contribution in [1.29, 1.82) is 0 Å². The lowest BCUT2D eigenvalue weighted by Crippen LogP contribution is -2.07. The molecule has 0 unspecified atom stereocenters. The van der Waals surface area contributed by atoms with Gasteiger partial charge in [0.25, 0.3) is 0 Å². The smallest absolute Gasteiger partial charge is 0.130 e. The van der Waals surface area contributed by atoms with Crippen molar-refractivity contribution in [1.82, 2.24) is 0 Å². The molecule has 0 saturated heterocycles. The Balaban J connectivity index is 2.51. The van der Waals surface area contributed by atoms with Crippen LogP contribution in [0.2, 0.25) is 0 Å². The molecule has 0 heterocycles. The molecule has 0 fully saturated rings. The van der Waals surface area contributed by atoms with Crippen LogP contribution >= 0.6 is 50.5 Å². The van der Waals surface area contributed by atoms with Crippen LogP contribution in [0.4, 0.5) is 0 Å². The van der Waals surface area contributed by atoms with Gasteiger partial charge in [0.05, 0.1) is 13.2 Å². The highest BCUT2D eigenvalue weighted by atomic mass is 32.1. The highest BCUT2D eigenvalue weighted by Crippen LogP contribution is 2.41. The number of hydrogen-bond donors (Lipinski definition) is 4. The number of thiol groups is 4. The quantitative estimate of drug-likeness (QED) is 0.172. The average molecular weight is 483 g/mol. The topological polar surface area (TPSA) is 18.5 Å². The molecular weight excluding hydrogens is 449 g/mol. The Morgan fingerprint density at radius 1 is 0.600 bits per heavy atom. The Bertz CT molecular complexity index is 752. The fraction of sp³-hybridized carbons (Fsp3) is 0.500. The van der Waals surface area contributed by atoms with Crippen LogP contribution in [-0.4, -0.2) is 36.2 Å². The van der Waals surface area contributed by atoms with Gasteiger partial charge in [-0.25, -0.2) is 0 Å². The summed E-state index contributed by atoms with van der Waals surface area (Å²) in [6.07, 6.45) is 5.86. The molecule has 0 spiro atoms. The summed E-state index contributed by atoms with van der Waals surface area (Å²) >= 11 is 17.5. The van der Waals surface area contributed by atoms with Gasteiger partial charge in [-0.3, -0.25) is 0 Å². The van der Waals surface area contributed by atoms with Gasteiger partial charge in [0.1, 0.15) is 11.5 Å². The second-order valence-electron chi connectivity index (χ2n) is 7.08. The molecule has 2 nitrogen and oxygen atoms in total. The first kappa shape index (κ1) is 25.7. The van der Waals surface area contributed by atoms with Gasteiger partial charge in [-0.15, -0.1) is 0 Å². The molecule has 0 atom stereocenters. The molecule has 2 aromatic rings. The number of para-hydroxylation sites is 1. The molecule has 2 rings (SSSR count). The third-order valence-corrected chi connectivity index (χ3v) is 6.10. The van der Waals surface area contributed by atoms with E-state index in [1.807, 2.05) is 12.1 Å². The lowest BCUT2D eigenvalue weighted by atomic mass is 9.92. The second kappa shape index (κ2) is 15.3. The molecule has 30 heavy (non-hydrogen) atoms. The van der Waals surface area contributed by atoms with E-state index in [2.05, 4.69) is 74.8 Å². The lowest BCUT2D eigenvalue weighted by Gasteiger charge is -2.21. The number of hydrogen-bond acceptors (Lipinski definition) is 6. The van der Waals surface area contributed by atoms with Crippen molar-refractivity contribution in [2.24, 2.45) is 0 Å². The first-order valence-electron chi connectivity index (χ1n) is 10.7. The van der Waals surface area contributed by atoms with Crippen molar-refractivity contribution in [2.75, 3.05) is 36.2 Å². The summed E-state index contributed by atoms with van der Waals surface area (Å²) in [5, 5.41) is 0. The van der Waals surface area contributed by atoms with E-state index < -0.39 is 0 Å². The van der Waals surface area contributed by atoms with E-state index in [9.17, 15) is 0 Å². The average Bonchev–Trinajstić information content (AvgIpc) is 2.77. The zero-order valence-electron chi connectivity index (χ0n) is 17.6. The van der Waals surface area contributed by atoms with E-state index in [4.69, 9.17) is 9.47 Å². The molecular formula is C24H34O2S4. The summed E-state index contributed by atoms with van der Waals surface area (Å²) in [5.41, 5.74) is 4.82. The maximum absolute atomic E-state index is 6.40. The maximum atomic E-state index is 6.40. The molecule has 0 amide bonds. The standard InChI is InChI=1S/C24H34O2S4/c27-15-3-7-19-11-12-22(21-8-1-2-10-23(21)25-13-5-17-29)24(26-14-6-18-30)20(19)9-4-16-28/h1-2,8,10-12,27-30H,3-7,9,13-18H2. The molecule has 0 aliphatic carbocycles. The zero-order valence-corrected chi connectivity index (χ0v) is 21.1. The van der Waals surface area contributed by atoms with Gasteiger partial charge in [-0.2, -0.15) is 50.5 Å². The molecule has 0 bridgehead atoms. The number of benzene rings is 2. The fourth-order valence-corrected chi connectivity index (χ4v) is 3.95. The summed E-state index contributed by atoms with van der Waals surface area (Å²) in [6.45, 7) is 1.31. The summed E-state index contributed by atoms with van der Waals surface area (Å²) in [5.74, 6) is 5.24. The van der Waals surface area contributed by atoms with Crippen LogP contribution in [0.3, 0.4) is 0 Å². The van der Waals surface area contributed by atoms with Crippen molar-refractivity contribution in [3.63, 3.8) is 0 Å². The molecule has 0 aliphatic heterocycles. The number of ether oxygens (including phenoxy) is 2. The molecule has 6 heteroatoms. The Hall–Kier alpha value is -0.560. The molecule has 0 N–H and O–H groups in total. The van der Waals surface area contributed by atoms with Crippen LogP contribution in [-0.2, 0) is 12.8 Å². The van der Waals surface area contributed by atoms with E-state index >= 15 is 0 Å². The molecule has 2 aromatic carbocycles. The molecule has 0 saturated carbocycles. The predicted octanol–water partition coefficient (Wildman–Crippen LogP) is 6.48. The Kier molecular flexibility index (Phi) is 13.1. The Morgan fingerprint density at radius 2 is 1.23 bits per heavy atom. The minimum absolute atomic E-state index is 0.656. The van der Waals surface area contributed by atoms with E-state index in [1.165, 1.54) is 11.1 Å². The SMILES string of the molecule is SCCCOc1ccccc1-c1ccc(CCCS)c(CCCS)c1OCCCS. The maximum Gasteiger partial charge on any atom is 0.130 e. The van der Waals surface area contributed by atoms with E-state index in [1.54, 1.807) is 0 Å². The summed E-state index contributed by atoms with van der Waals surface area (Å²) in [6, 6.07) is 12.7. The monoisotopic (exact) mass is 482 g/mol. The van der Waals surface area contributed by atoms with Crippen LogP contribution in [0.15, 0.2) is 36.4 Å². The highest BCUT2D eigenvalue weighted by molar-refractivity contribution is 7.80. The summed E-state index contributed by atoms with van der Waals surface area (Å²) < 4.78 is 12.5. The fourth-order valence-electron chi connectivity index (χ4n) is 3.38. The highest BCUT2D eigenvalue weighted by Gasteiger charge is 2.18. The van der Waals surface area contributed by atoms with Crippen LogP contribution < -0.4 is 9.47 Å². The van der Waals surface area contributed by atoms with E-state index in [0.29, 0.717) is 13.2 Å². The third kappa shape index (κ3) is 7.85. The predicted molar refractivity (Wildman–Crippen MR) is 144 cm³/mol. The summed E-state index contributed by atoms with van der Waals surface area (Å²) in [7, 11) is 0. The van der Waals surface area contributed by atoms with Crippen LogP contribution in [0.5, 0.6) is 11.5 Å². The third-order valence-electron chi connectivity index (χ3n) is 4.83. The van der Waals surface area contributed by atoms with Gasteiger partial charge in [0, 0.05) is 11.1 Å². The van der Waals surface area contributed by atoms with Crippen molar-refractivity contribution < 1.29 is 9.47 Å². The van der Waals surface area contributed by atoms with Crippen molar-refractivity contribution in [2.45, 2.75) is 38.5 Å². The normalized spacial score (nSPS) is 10.9. The first-order valence-corrected chi connectivity index (χ1v) is 13.2. The van der Waals surface area contributed by atoms with E-state index in [-0.39, 0.29) is 0 Å².